The first-order chi connectivity index (χ1) is 11.1. The Morgan fingerprint density at radius 3 is 2.50 bits per heavy atom. The van der Waals surface area contributed by atoms with Gasteiger partial charge in [0, 0.05) is 6.54 Å². The highest BCUT2D eigenvalue weighted by Crippen LogP contribution is 2.29. The number of methoxy groups -OCH3 is 1. The summed E-state index contributed by atoms with van der Waals surface area (Å²) in [7, 11) is 1.29. The number of carbonyl (C=O) groups excluding carboxylic acids is 3. The van der Waals surface area contributed by atoms with Crippen LogP contribution >= 0.6 is 0 Å². The van der Waals surface area contributed by atoms with E-state index in [0.717, 1.165) is 19.3 Å². The first-order valence-electron chi connectivity index (χ1n) is 8.51. The third kappa shape index (κ3) is 5.69. The normalized spacial score (nSPS) is 20.9. The van der Waals surface area contributed by atoms with Crippen molar-refractivity contribution in [3.63, 3.8) is 0 Å². The quantitative estimate of drug-likeness (QED) is 0.566. The van der Waals surface area contributed by atoms with E-state index in [1.165, 1.54) is 12.0 Å². The van der Waals surface area contributed by atoms with Crippen molar-refractivity contribution in [2.75, 3.05) is 20.2 Å². The Hall–Kier alpha value is -1.79. The molecule has 1 fully saturated rings. The minimum Gasteiger partial charge on any atom is -0.468 e. The lowest BCUT2D eigenvalue weighted by Crippen LogP contribution is -2.55. The summed E-state index contributed by atoms with van der Waals surface area (Å²) in [6.07, 6.45) is 3.21. The topological polar surface area (TPSA) is 84.9 Å². The molecule has 0 aromatic rings. The summed E-state index contributed by atoms with van der Waals surface area (Å²) in [5.41, 5.74) is -1.63. The van der Waals surface area contributed by atoms with Crippen LogP contribution in [0.3, 0.4) is 0 Å². The maximum absolute atomic E-state index is 12.8. The van der Waals surface area contributed by atoms with Crippen LogP contribution in [0.4, 0.5) is 4.79 Å². The smallest absolute Gasteiger partial charge is 0.408 e. The summed E-state index contributed by atoms with van der Waals surface area (Å²) in [6, 6.07) is 0. The molecule has 1 aliphatic rings. The molecule has 138 valence electrons. The van der Waals surface area contributed by atoms with E-state index < -0.39 is 23.2 Å². The second-order valence-corrected chi connectivity index (χ2v) is 7.22. The molecule has 1 N–H and O–H groups in total. The Balaban J connectivity index is 2.85. The van der Waals surface area contributed by atoms with Gasteiger partial charge in [-0.25, -0.2) is 4.79 Å². The highest BCUT2D eigenvalue weighted by atomic mass is 16.6. The first-order valence-corrected chi connectivity index (χ1v) is 8.51. The van der Waals surface area contributed by atoms with E-state index in [0.29, 0.717) is 19.4 Å². The number of nitrogens with one attached hydrogen (secondary N) is 1. The summed E-state index contributed by atoms with van der Waals surface area (Å²) >= 11 is 0. The second-order valence-electron chi connectivity index (χ2n) is 7.22. The molecule has 1 saturated heterocycles. The number of esters is 1. The predicted octanol–water partition coefficient (Wildman–Crippen LogP) is 2.24. The average Bonchev–Trinajstić information content (AvgIpc) is 2.75. The van der Waals surface area contributed by atoms with Crippen molar-refractivity contribution < 1.29 is 23.9 Å². The fraction of sp³-hybridized carbons (Fsp3) is 0.824. The maximum Gasteiger partial charge on any atom is 0.408 e. The lowest BCUT2D eigenvalue weighted by Gasteiger charge is -2.30. The molecule has 0 aliphatic carbocycles. The molecule has 0 aromatic carbocycles. The number of carbonyl (C=O) groups is 3. The van der Waals surface area contributed by atoms with Crippen molar-refractivity contribution >= 4 is 18.0 Å². The van der Waals surface area contributed by atoms with E-state index >= 15 is 0 Å². The lowest BCUT2D eigenvalue weighted by atomic mass is 9.90. The van der Waals surface area contributed by atoms with Crippen molar-refractivity contribution in [2.45, 2.75) is 70.9 Å². The van der Waals surface area contributed by atoms with Crippen LogP contribution in [0.5, 0.6) is 0 Å². The van der Waals surface area contributed by atoms with Gasteiger partial charge in [-0.2, -0.15) is 0 Å². The zero-order chi connectivity index (χ0) is 18.4. The molecule has 0 saturated carbocycles. The summed E-state index contributed by atoms with van der Waals surface area (Å²) < 4.78 is 9.93. The molecule has 1 rings (SSSR count). The Bertz CT molecular complexity index is 472. The molecule has 0 bridgehead atoms. The van der Waals surface area contributed by atoms with Crippen LogP contribution in [-0.4, -0.2) is 54.2 Å². The average molecular weight is 342 g/mol. The van der Waals surface area contributed by atoms with E-state index in [-0.39, 0.29) is 12.5 Å². The van der Waals surface area contributed by atoms with Gasteiger partial charge in [-0.1, -0.05) is 26.2 Å². The summed E-state index contributed by atoms with van der Waals surface area (Å²) in [5.74, 6) is -0.708. The van der Waals surface area contributed by atoms with Crippen molar-refractivity contribution in [3.05, 3.63) is 0 Å². The van der Waals surface area contributed by atoms with Crippen LogP contribution in [0.1, 0.15) is 59.8 Å². The number of hydrogen-bond acceptors (Lipinski definition) is 5. The molecule has 1 heterocycles. The fourth-order valence-corrected chi connectivity index (χ4v) is 2.79. The van der Waals surface area contributed by atoms with Crippen LogP contribution < -0.4 is 5.32 Å². The number of unbranched alkanes of at least 4 members (excludes halogenated alkanes) is 2. The largest absolute Gasteiger partial charge is 0.468 e. The zero-order valence-corrected chi connectivity index (χ0v) is 15.4. The minimum atomic E-state index is -0.995. The van der Waals surface area contributed by atoms with Crippen molar-refractivity contribution in [3.8, 4) is 0 Å². The van der Waals surface area contributed by atoms with Crippen molar-refractivity contribution in [1.29, 1.82) is 0 Å². The van der Waals surface area contributed by atoms with Crippen molar-refractivity contribution in [2.24, 2.45) is 0 Å². The number of alkyl carbamates (subject to hydrolysis) is 1. The molecule has 0 aromatic heterocycles. The van der Waals surface area contributed by atoms with Crippen LogP contribution in [0.25, 0.3) is 0 Å². The number of likely N-dealkylation sites (tertiary alicyclic amines) is 1. The number of amides is 2. The van der Waals surface area contributed by atoms with Crippen LogP contribution in [0.15, 0.2) is 0 Å². The molecule has 1 atom stereocenters. The third-order valence-corrected chi connectivity index (χ3v) is 4.00. The van der Waals surface area contributed by atoms with Gasteiger partial charge in [0.15, 0.2) is 0 Å². The molecule has 0 spiro atoms. The maximum atomic E-state index is 12.8. The summed E-state index contributed by atoms with van der Waals surface area (Å²) in [6.45, 7) is 7.72. The Morgan fingerprint density at radius 1 is 1.29 bits per heavy atom. The van der Waals surface area contributed by atoms with Gasteiger partial charge in [0.25, 0.3) is 0 Å². The molecule has 0 radical (unpaired) electrons. The fourth-order valence-electron chi connectivity index (χ4n) is 2.79. The highest BCUT2D eigenvalue weighted by molar-refractivity contribution is 5.93. The molecule has 7 heteroatoms. The van der Waals surface area contributed by atoms with E-state index in [1.807, 2.05) is 0 Å². The lowest BCUT2D eigenvalue weighted by molar-refractivity contribution is -0.146. The van der Waals surface area contributed by atoms with Crippen LogP contribution in [0.2, 0.25) is 0 Å². The standard InChI is InChI=1S/C17H30N2O5/c1-6-7-8-9-17(18-15(22)24-16(2,3)4)10-11-19(14(17)21)12-13(20)23-5/h6-12H2,1-5H3,(H,18,22)/t17-/m1/s1. The Labute approximate surface area is 144 Å². The number of hydrogen-bond donors (Lipinski definition) is 1. The Morgan fingerprint density at radius 2 is 1.96 bits per heavy atom. The summed E-state index contributed by atoms with van der Waals surface area (Å²) in [4.78, 5) is 37.9. The molecule has 1 aliphatic heterocycles. The van der Waals surface area contributed by atoms with Gasteiger partial charge in [0.05, 0.1) is 7.11 Å². The first kappa shape index (κ1) is 20.3. The van der Waals surface area contributed by atoms with Crippen molar-refractivity contribution in [1.82, 2.24) is 10.2 Å². The van der Waals surface area contributed by atoms with Gasteiger partial charge in [-0.15, -0.1) is 0 Å². The molecule has 0 unspecified atom stereocenters. The van der Waals surface area contributed by atoms with Gasteiger partial charge in [-0.05, 0) is 33.6 Å². The van der Waals surface area contributed by atoms with Gasteiger partial charge < -0.3 is 19.7 Å². The molecular formula is C17H30N2O5. The van der Waals surface area contributed by atoms with Gasteiger partial charge in [-0.3, -0.25) is 9.59 Å². The van der Waals surface area contributed by atoms with E-state index in [1.54, 1.807) is 20.8 Å². The zero-order valence-electron chi connectivity index (χ0n) is 15.4. The van der Waals surface area contributed by atoms with E-state index in [2.05, 4.69) is 17.0 Å². The predicted molar refractivity (Wildman–Crippen MR) is 89.5 cm³/mol. The van der Waals surface area contributed by atoms with Crippen LogP contribution in [0, 0.1) is 0 Å². The van der Waals surface area contributed by atoms with Crippen LogP contribution in [-0.2, 0) is 19.1 Å². The Kier molecular flexibility index (Phi) is 7.05. The minimum absolute atomic E-state index is 0.0964. The second kappa shape index (κ2) is 8.35. The number of ether oxygens (including phenoxy) is 2. The SMILES string of the molecule is CCCCC[C@@]1(NC(=O)OC(C)(C)C)CCN(CC(=O)OC)C1=O. The van der Waals surface area contributed by atoms with E-state index in [9.17, 15) is 14.4 Å². The third-order valence-electron chi connectivity index (χ3n) is 4.00. The number of rotatable bonds is 7. The van der Waals surface area contributed by atoms with Gasteiger partial charge in [0.2, 0.25) is 5.91 Å². The van der Waals surface area contributed by atoms with Gasteiger partial charge in [0.1, 0.15) is 17.7 Å². The molecular weight excluding hydrogens is 312 g/mol. The molecule has 2 amide bonds. The number of nitrogens with zero attached hydrogens (tertiary/aromatic N) is 1. The van der Waals surface area contributed by atoms with E-state index in [4.69, 9.17) is 4.74 Å². The molecule has 7 nitrogen and oxygen atoms in total. The monoisotopic (exact) mass is 342 g/mol. The highest BCUT2D eigenvalue weighted by Gasteiger charge is 2.48. The molecule has 24 heavy (non-hydrogen) atoms. The van der Waals surface area contributed by atoms with Gasteiger partial charge >= 0.3 is 12.1 Å². The summed E-state index contributed by atoms with van der Waals surface area (Å²) in [5, 5.41) is 2.77.